The van der Waals surface area contributed by atoms with E-state index in [1.54, 1.807) is 12.3 Å². The Labute approximate surface area is 149 Å². The van der Waals surface area contributed by atoms with Gasteiger partial charge in [0.2, 0.25) is 0 Å². The van der Waals surface area contributed by atoms with Crippen LogP contribution in [-0.2, 0) is 6.42 Å². The monoisotopic (exact) mass is 345 g/mol. The maximum atomic E-state index is 12.6. The zero-order chi connectivity index (χ0) is 17.1. The molecule has 4 nitrogen and oxygen atoms in total. The predicted octanol–water partition coefficient (Wildman–Crippen LogP) is 4.53. The lowest BCUT2D eigenvalue weighted by Crippen LogP contribution is -2.12. The number of benzene rings is 2. The molecule has 4 rings (SSSR count). The van der Waals surface area contributed by atoms with Crippen molar-refractivity contribution in [1.29, 1.82) is 0 Å². The maximum Gasteiger partial charge on any atom is 0.258 e. The first-order valence-corrected chi connectivity index (χ1v) is 8.75. The van der Waals surface area contributed by atoms with Crippen molar-refractivity contribution in [3.63, 3.8) is 0 Å². The predicted molar refractivity (Wildman–Crippen MR) is 101 cm³/mol. The highest BCUT2D eigenvalue weighted by Crippen LogP contribution is 2.23. The van der Waals surface area contributed by atoms with Crippen LogP contribution in [0.1, 0.15) is 20.8 Å². The number of carbonyl (C=O) groups excluding carboxylic acids is 1. The molecule has 0 unspecified atom stereocenters. The molecule has 0 fully saturated rings. The van der Waals surface area contributed by atoms with Gasteiger partial charge < -0.3 is 0 Å². The molecule has 2 aromatic carbocycles. The first-order chi connectivity index (χ1) is 12.3. The van der Waals surface area contributed by atoms with E-state index in [4.69, 9.17) is 0 Å². The Bertz CT molecular complexity index is 1020. The number of fused-ring (bicyclic) bond motifs is 1. The van der Waals surface area contributed by atoms with Gasteiger partial charge in [-0.2, -0.15) is 0 Å². The van der Waals surface area contributed by atoms with Crippen LogP contribution in [0.3, 0.4) is 0 Å². The molecule has 2 aromatic heterocycles. The molecule has 0 aliphatic rings. The Kier molecular flexibility index (Phi) is 4.23. The summed E-state index contributed by atoms with van der Waals surface area (Å²) in [6, 6.07) is 19.6. The topological polar surface area (TPSA) is 54.9 Å². The van der Waals surface area contributed by atoms with Crippen LogP contribution in [0.2, 0.25) is 0 Å². The number of anilines is 1. The second-order valence-corrected chi connectivity index (χ2v) is 6.74. The van der Waals surface area contributed by atoms with E-state index in [0.717, 1.165) is 22.2 Å². The lowest BCUT2D eigenvalue weighted by atomic mass is 10.1. The number of nitrogens with one attached hydrogen (secondary N) is 1. The van der Waals surface area contributed by atoms with Crippen LogP contribution < -0.4 is 5.32 Å². The van der Waals surface area contributed by atoms with E-state index >= 15 is 0 Å². The molecule has 0 radical (unpaired) electrons. The molecule has 0 saturated heterocycles. The van der Waals surface area contributed by atoms with Gasteiger partial charge in [-0.1, -0.05) is 48.5 Å². The highest BCUT2D eigenvalue weighted by Gasteiger charge is 2.12. The average Bonchev–Trinajstić information content (AvgIpc) is 3.09. The number of nitrogens with zero attached hydrogens (tertiary/aromatic N) is 2. The van der Waals surface area contributed by atoms with E-state index in [9.17, 15) is 4.79 Å². The Morgan fingerprint density at radius 2 is 1.76 bits per heavy atom. The molecule has 4 aromatic rings. The summed E-state index contributed by atoms with van der Waals surface area (Å²) in [5, 5.41) is 4.34. The molecule has 25 heavy (non-hydrogen) atoms. The summed E-state index contributed by atoms with van der Waals surface area (Å²) in [4.78, 5) is 22.4. The largest absolute Gasteiger partial charge is 0.298 e. The fourth-order valence-electron chi connectivity index (χ4n) is 2.70. The lowest BCUT2D eigenvalue weighted by molar-refractivity contribution is 0.102. The molecule has 0 saturated carbocycles. The van der Waals surface area contributed by atoms with Gasteiger partial charge in [0.25, 0.3) is 5.91 Å². The van der Waals surface area contributed by atoms with Crippen LogP contribution in [0, 0.1) is 0 Å². The summed E-state index contributed by atoms with van der Waals surface area (Å²) < 4.78 is 0. The Morgan fingerprint density at radius 1 is 0.960 bits per heavy atom. The normalized spacial score (nSPS) is 10.7. The van der Waals surface area contributed by atoms with Gasteiger partial charge in [-0.25, -0.2) is 4.98 Å². The smallest absolute Gasteiger partial charge is 0.258 e. The number of amides is 1. The van der Waals surface area contributed by atoms with Gasteiger partial charge in [-0.05, 0) is 17.7 Å². The SMILES string of the molecule is O=C(Nc1ncc(Cc2ccccc2)s1)c1ccnc2ccccc12. The van der Waals surface area contributed by atoms with Gasteiger partial charge >= 0.3 is 0 Å². The summed E-state index contributed by atoms with van der Waals surface area (Å²) in [6.45, 7) is 0. The van der Waals surface area contributed by atoms with Crippen molar-refractivity contribution in [3.8, 4) is 0 Å². The summed E-state index contributed by atoms with van der Waals surface area (Å²) in [7, 11) is 0. The van der Waals surface area contributed by atoms with Crippen LogP contribution in [-0.4, -0.2) is 15.9 Å². The van der Waals surface area contributed by atoms with Crippen molar-refractivity contribution in [2.45, 2.75) is 6.42 Å². The van der Waals surface area contributed by atoms with E-state index in [0.29, 0.717) is 10.7 Å². The first-order valence-electron chi connectivity index (χ1n) is 7.93. The van der Waals surface area contributed by atoms with Crippen LogP contribution >= 0.6 is 11.3 Å². The van der Waals surface area contributed by atoms with Crippen LogP contribution in [0.4, 0.5) is 5.13 Å². The number of rotatable bonds is 4. The van der Waals surface area contributed by atoms with Gasteiger partial charge in [-0.15, -0.1) is 11.3 Å². The van der Waals surface area contributed by atoms with E-state index in [2.05, 4.69) is 27.4 Å². The summed E-state index contributed by atoms with van der Waals surface area (Å²) in [6.07, 6.45) is 4.28. The number of aromatic nitrogens is 2. The molecule has 0 spiro atoms. The van der Waals surface area contributed by atoms with Crippen molar-refractivity contribution < 1.29 is 4.79 Å². The highest BCUT2D eigenvalue weighted by atomic mass is 32.1. The minimum atomic E-state index is -0.167. The van der Waals surface area contributed by atoms with E-state index < -0.39 is 0 Å². The van der Waals surface area contributed by atoms with Crippen LogP contribution in [0.5, 0.6) is 0 Å². The van der Waals surface area contributed by atoms with Crippen molar-refractivity contribution in [2.24, 2.45) is 0 Å². The lowest BCUT2D eigenvalue weighted by Gasteiger charge is -2.05. The van der Waals surface area contributed by atoms with Crippen molar-refractivity contribution in [3.05, 3.63) is 89.1 Å². The highest BCUT2D eigenvalue weighted by molar-refractivity contribution is 7.15. The Hall–Kier alpha value is -3.05. The van der Waals surface area contributed by atoms with E-state index in [-0.39, 0.29) is 5.91 Å². The van der Waals surface area contributed by atoms with E-state index in [1.807, 2.05) is 48.7 Å². The van der Waals surface area contributed by atoms with Gasteiger partial charge in [0.05, 0.1) is 11.1 Å². The molecule has 0 aliphatic carbocycles. The van der Waals surface area contributed by atoms with Gasteiger partial charge in [0, 0.05) is 29.1 Å². The standard InChI is InChI=1S/C20H15N3OS/c24-19(17-10-11-21-18-9-5-4-8-16(17)18)23-20-22-13-15(25-20)12-14-6-2-1-3-7-14/h1-11,13H,12H2,(H,22,23,24). The first kappa shape index (κ1) is 15.5. The van der Waals surface area contributed by atoms with Crippen molar-refractivity contribution in [2.75, 3.05) is 5.32 Å². The minimum absolute atomic E-state index is 0.167. The number of hydrogen-bond donors (Lipinski definition) is 1. The molecule has 0 bridgehead atoms. The van der Waals surface area contributed by atoms with E-state index in [1.165, 1.54) is 16.9 Å². The molecular formula is C20H15N3OS. The maximum absolute atomic E-state index is 12.6. The molecule has 5 heteroatoms. The number of hydrogen-bond acceptors (Lipinski definition) is 4. The molecule has 122 valence electrons. The van der Waals surface area contributed by atoms with Crippen LogP contribution in [0.15, 0.2) is 73.1 Å². The zero-order valence-electron chi connectivity index (χ0n) is 13.3. The quantitative estimate of drug-likeness (QED) is 0.591. The summed E-state index contributed by atoms with van der Waals surface area (Å²) in [5.74, 6) is -0.167. The molecule has 1 amide bonds. The van der Waals surface area contributed by atoms with Gasteiger partial charge in [0.15, 0.2) is 5.13 Å². The number of thiazole rings is 1. The number of pyridine rings is 1. The number of carbonyl (C=O) groups is 1. The molecular weight excluding hydrogens is 330 g/mol. The summed E-state index contributed by atoms with van der Waals surface area (Å²) in [5.41, 5.74) is 2.63. The third kappa shape index (κ3) is 3.41. The second kappa shape index (κ2) is 6.83. The van der Waals surface area contributed by atoms with Crippen molar-refractivity contribution in [1.82, 2.24) is 9.97 Å². The summed E-state index contributed by atoms with van der Waals surface area (Å²) >= 11 is 1.50. The molecule has 1 N–H and O–H groups in total. The van der Waals surface area contributed by atoms with Crippen molar-refractivity contribution >= 4 is 33.3 Å². The minimum Gasteiger partial charge on any atom is -0.298 e. The Morgan fingerprint density at radius 3 is 2.64 bits per heavy atom. The molecule has 0 atom stereocenters. The third-order valence-corrected chi connectivity index (χ3v) is 4.80. The number of para-hydroxylation sites is 1. The van der Waals surface area contributed by atoms with Gasteiger partial charge in [0.1, 0.15) is 0 Å². The molecule has 2 heterocycles. The fourth-order valence-corrected chi connectivity index (χ4v) is 3.54. The molecule has 0 aliphatic heterocycles. The average molecular weight is 345 g/mol. The second-order valence-electron chi connectivity index (χ2n) is 5.62. The fraction of sp³-hybridized carbons (Fsp3) is 0.0500. The Balaban J connectivity index is 1.53. The van der Waals surface area contributed by atoms with Gasteiger partial charge in [-0.3, -0.25) is 15.1 Å². The zero-order valence-corrected chi connectivity index (χ0v) is 14.2. The third-order valence-electron chi connectivity index (χ3n) is 3.89. The van der Waals surface area contributed by atoms with Crippen LogP contribution in [0.25, 0.3) is 10.9 Å².